The van der Waals surface area contributed by atoms with E-state index in [9.17, 15) is 18.0 Å². The summed E-state index contributed by atoms with van der Waals surface area (Å²) in [5.74, 6) is -0.0743. The number of methoxy groups -OCH3 is 1. The molecule has 1 atom stereocenters. The Labute approximate surface area is 250 Å². The SMILES string of the molecule is COc1ccc(CN(C(=O)CN(c2cccc(Br)c2)S(=O)(=O)c2ccccc2)[C@@H](C)C(=O)NC2CCCCC2)cc1. The van der Waals surface area contributed by atoms with Crippen molar-refractivity contribution < 1.29 is 22.7 Å². The monoisotopic (exact) mass is 641 g/mol. The second-order valence-corrected chi connectivity index (χ2v) is 13.0. The van der Waals surface area contributed by atoms with E-state index in [1.807, 2.05) is 12.1 Å². The molecule has 0 heterocycles. The van der Waals surface area contributed by atoms with E-state index >= 15 is 0 Å². The summed E-state index contributed by atoms with van der Waals surface area (Å²) in [6.07, 6.45) is 5.11. The summed E-state index contributed by atoms with van der Waals surface area (Å²) in [7, 11) is -2.53. The number of rotatable bonds is 11. The molecule has 0 saturated heterocycles. The number of halogens is 1. The third kappa shape index (κ3) is 7.89. The van der Waals surface area contributed by atoms with Crippen LogP contribution in [0, 0.1) is 0 Å². The number of sulfonamides is 1. The molecular weight excluding hydrogens is 606 g/mol. The van der Waals surface area contributed by atoms with Gasteiger partial charge in [-0.05, 0) is 67.8 Å². The molecule has 1 aliphatic carbocycles. The number of carbonyl (C=O) groups is 2. The Balaban J connectivity index is 1.66. The maximum Gasteiger partial charge on any atom is 0.264 e. The summed E-state index contributed by atoms with van der Waals surface area (Å²) in [4.78, 5) is 29.0. The number of hydrogen-bond donors (Lipinski definition) is 1. The lowest BCUT2D eigenvalue weighted by molar-refractivity contribution is -0.139. The summed E-state index contributed by atoms with van der Waals surface area (Å²) in [6.45, 7) is 1.33. The summed E-state index contributed by atoms with van der Waals surface area (Å²) in [5.41, 5.74) is 1.12. The first-order chi connectivity index (χ1) is 19.7. The minimum Gasteiger partial charge on any atom is -0.497 e. The molecule has 218 valence electrons. The number of amides is 2. The van der Waals surface area contributed by atoms with Crippen LogP contribution in [-0.2, 0) is 26.2 Å². The maximum absolute atomic E-state index is 14.1. The van der Waals surface area contributed by atoms with Crippen molar-refractivity contribution in [1.29, 1.82) is 0 Å². The molecule has 1 aliphatic rings. The predicted molar refractivity (Wildman–Crippen MR) is 163 cm³/mol. The number of benzene rings is 3. The van der Waals surface area contributed by atoms with Gasteiger partial charge in [-0.25, -0.2) is 8.42 Å². The van der Waals surface area contributed by atoms with Crippen LogP contribution in [0.25, 0.3) is 0 Å². The van der Waals surface area contributed by atoms with Crippen LogP contribution in [0.2, 0.25) is 0 Å². The summed E-state index contributed by atoms with van der Waals surface area (Å²) < 4.78 is 34.7. The van der Waals surface area contributed by atoms with Crippen molar-refractivity contribution in [1.82, 2.24) is 10.2 Å². The summed E-state index contributed by atoms with van der Waals surface area (Å²) in [6, 6.07) is 21.3. The van der Waals surface area contributed by atoms with Gasteiger partial charge in [-0.2, -0.15) is 0 Å². The van der Waals surface area contributed by atoms with Gasteiger partial charge in [0.25, 0.3) is 10.0 Å². The van der Waals surface area contributed by atoms with Gasteiger partial charge in [0.05, 0.1) is 17.7 Å². The molecule has 0 spiro atoms. The molecule has 1 fully saturated rings. The highest BCUT2D eigenvalue weighted by molar-refractivity contribution is 9.10. The predicted octanol–water partition coefficient (Wildman–Crippen LogP) is 5.52. The number of nitrogens with one attached hydrogen (secondary N) is 1. The highest BCUT2D eigenvalue weighted by Gasteiger charge is 2.33. The Hall–Kier alpha value is -3.37. The molecule has 10 heteroatoms. The van der Waals surface area contributed by atoms with Crippen molar-refractivity contribution >= 4 is 43.5 Å². The van der Waals surface area contributed by atoms with E-state index < -0.39 is 28.5 Å². The van der Waals surface area contributed by atoms with E-state index in [1.54, 1.807) is 68.6 Å². The van der Waals surface area contributed by atoms with Gasteiger partial charge in [-0.3, -0.25) is 13.9 Å². The van der Waals surface area contributed by atoms with Gasteiger partial charge in [-0.15, -0.1) is 0 Å². The Bertz CT molecular complexity index is 1430. The van der Waals surface area contributed by atoms with Crippen LogP contribution in [0.5, 0.6) is 5.75 Å². The lowest BCUT2D eigenvalue weighted by Crippen LogP contribution is -2.53. The number of anilines is 1. The van der Waals surface area contributed by atoms with Crippen LogP contribution in [-0.4, -0.2) is 50.9 Å². The molecular formula is C31H36BrN3O5S. The van der Waals surface area contributed by atoms with Crippen LogP contribution < -0.4 is 14.4 Å². The van der Waals surface area contributed by atoms with Crippen molar-refractivity contribution in [2.45, 2.75) is 62.6 Å². The van der Waals surface area contributed by atoms with Gasteiger partial charge in [0.2, 0.25) is 11.8 Å². The van der Waals surface area contributed by atoms with E-state index in [-0.39, 0.29) is 23.4 Å². The van der Waals surface area contributed by atoms with Crippen molar-refractivity contribution in [2.24, 2.45) is 0 Å². The normalized spacial score (nSPS) is 14.6. The average molecular weight is 643 g/mol. The minimum absolute atomic E-state index is 0.0672. The van der Waals surface area contributed by atoms with Gasteiger partial charge in [0.15, 0.2) is 0 Å². The molecule has 8 nitrogen and oxygen atoms in total. The molecule has 3 aromatic rings. The third-order valence-electron chi connectivity index (χ3n) is 7.34. The van der Waals surface area contributed by atoms with Crippen LogP contribution >= 0.6 is 15.9 Å². The third-order valence-corrected chi connectivity index (χ3v) is 9.62. The quantitative estimate of drug-likeness (QED) is 0.297. The Morgan fingerprint density at radius 1 is 0.976 bits per heavy atom. The second kappa shape index (κ2) is 14.0. The standard InChI is InChI=1S/C31H36BrN3O5S/c1-23(31(37)33-26-11-5-3-6-12-26)34(21-24-16-18-28(40-2)19-17-24)30(36)22-35(27-13-9-10-25(32)20-27)41(38,39)29-14-7-4-8-15-29/h4,7-10,13-20,23,26H,3,5-6,11-12,21-22H2,1-2H3,(H,33,37)/t23-/m0/s1. The minimum atomic E-state index is -4.10. The second-order valence-electron chi connectivity index (χ2n) is 10.2. The van der Waals surface area contributed by atoms with Crippen LogP contribution in [0.15, 0.2) is 88.2 Å². The van der Waals surface area contributed by atoms with Gasteiger partial charge in [0, 0.05) is 17.1 Å². The molecule has 0 aromatic heterocycles. The van der Waals surface area contributed by atoms with Gasteiger partial charge in [-0.1, -0.05) is 71.6 Å². The molecule has 1 N–H and O–H groups in total. The fourth-order valence-electron chi connectivity index (χ4n) is 4.96. The first-order valence-corrected chi connectivity index (χ1v) is 16.0. The van der Waals surface area contributed by atoms with Crippen LogP contribution in [0.4, 0.5) is 5.69 Å². The van der Waals surface area contributed by atoms with E-state index in [1.165, 1.54) is 17.0 Å². The van der Waals surface area contributed by atoms with Gasteiger partial charge >= 0.3 is 0 Å². The molecule has 0 radical (unpaired) electrons. The Morgan fingerprint density at radius 3 is 2.29 bits per heavy atom. The van der Waals surface area contributed by atoms with Gasteiger partial charge in [0.1, 0.15) is 18.3 Å². The summed E-state index contributed by atoms with van der Waals surface area (Å²) >= 11 is 3.41. The molecule has 0 aliphatic heterocycles. The van der Waals surface area contributed by atoms with E-state index in [2.05, 4.69) is 21.2 Å². The van der Waals surface area contributed by atoms with E-state index in [0.717, 1.165) is 42.0 Å². The van der Waals surface area contributed by atoms with E-state index in [0.29, 0.717) is 15.9 Å². The topological polar surface area (TPSA) is 96.0 Å². The lowest BCUT2D eigenvalue weighted by atomic mass is 9.95. The van der Waals surface area contributed by atoms with Crippen molar-refractivity contribution in [3.63, 3.8) is 0 Å². The highest BCUT2D eigenvalue weighted by atomic mass is 79.9. The maximum atomic E-state index is 14.1. The zero-order valence-corrected chi connectivity index (χ0v) is 25.7. The summed E-state index contributed by atoms with van der Waals surface area (Å²) in [5, 5.41) is 3.12. The largest absolute Gasteiger partial charge is 0.497 e. The van der Waals surface area contributed by atoms with Crippen LogP contribution in [0.1, 0.15) is 44.6 Å². The molecule has 3 aromatic carbocycles. The number of ether oxygens (including phenoxy) is 1. The highest BCUT2D eigenvalue weighted by Crippen LogP contribution is 2.27. The number of hydrogen-bond acceptors (Lipinski definition) is 5. The van der Waals surface area contributed by atoms with Crippen molar-refractivity contribution in [3.8, 4) is 5.75 Å². The van der Waals surface area contributed by atoms with Crippen molar-refractivity contribution in [2.75, 3.05) is 18.0 Å². The van der Waals surface area contributed by atoms with Crippen LogP contribution in [0.3, 0.4) is 0 Å². The molecule has 2 amide bonds. The zero-order valence-electron chi connectivity index (χ0n) is 23.3. The first kappa shape index (κ1) is 30.6. The number of nitrogens with zero attached hydrogens (tertiary/aromatic N) is 2. The fourth-order valence-corrected chi connectivity index (χ4v) is 6.77. The first-order valence-electron chi connectivity index (χ1n) is 13.7. The number of carbonyl (C=O) groups excluding carboxylic acids is 2. The molecule has 0 unspecified atom stereocenters. The van der Waals surface area contributed by atoms with Gasteiger partial charge < -0.3 is 15.0 Å². The van der Waals surface area contributed by atoms with E-state index in [4.69, 9.17) is 4.74 Å². The zero-order chi connectivity index (χ0) is 29.4. The molecule has 1 saturated carbocycles. The smallest absolute Gasteiger partial charge is 0.264 e. The lowest BCUT2D eigenvalue weighted by Gasteiger charge is -2.33. The molecule has 41 heavy (non-hydrogen) atoms. The van der Waals surface area contributed by atoms with Crippen molar-refractivity contribution in [3.05, 3.63) is 88.9 Å². The fraction of sp³-hybridized carbons (Fsp3) is 0.355. The molecule has 4 rings (SSSR count). The Kier molecular flexibility index (Phi) is 10.4. The Morgan fingerprint density at radius 2 is 1.66 bits per heavy atom. The molecule has 0 bridgehead atoms. The average Bonchev–Trinajstić information content (AvgIpc) is 2.99.